The monoisotopic (exact) mass is 276 g/mol. The molecule has 2 heteroatoms. The zero-order valence-electron chi connectivity index (χ0n) is 7.99. The van der Waals surface area contributed by atoms with Crippen molar-refractivity contribution in [3.8, 4) is 0 Å². The molecule has 0 aromatic carbocycles. The minimum Gasteiger partial charge on any atom is -0.785 e. The van der Waals surface area contributed by atoms with Crippen molar-refractivity contribution in [2.45, 2.75) is 44.8 Å². The second kappa shape index (κ2) is 3.05. The fourth-order valence-electron chi connectivity index (χ4n) is 3.08. The molecule has 0 spiro atoms. The minimum atomic E-state index is 0. The Bertz CT molecular complexity index is 190. The fraction of sp³-hybridized carbons (Fsp3) is 1.00. The van der Waals surface area contributed by atoms with E-state index in [2.05, 4.69) is 20.8 Å². The molecule has 3 saturated carbocycles. The largest absolute Gasteiger partial charge is 1.00 e. The zero-order chi connectivity index (χ0) is 8.28. The molecule has 0 heterocycles. The van der Waals surface area contributed by atoms with E-state index < -0.39 is 0 Å². The van der Waals surface area contributed by atoms with E-state index in [0.717, 1.165) is 11.8 Å². The van der Waals surface area contributed by atoms with Crippen molar-refractivity contribution < 1.29 is 22.4 Å². The van der Waals surface area contributed by atoms with Crippen LogP contribution in [0.1, 0.15) is 40.0 Å². The first-order chi connectivity index (χ1) is 4.98. The van der Waals surface area contributed by atoms with Crippen molar-refractivity contribution in [3.63, 3.8) is 0 Å². The summed E-state index contributed by atoms with van der Waals surface area (Å²) in [6.07, 6.45) is 4.11. The quantitative estimate of drug-likeness (QED) is 0.484. The van der Waals surface area contributed by atoms with Gasteiger partial charge in [-0.15, -0.1) is 4.75 Å². The van der Waals surface area contributed by atoms with Gasteiger partial charge in [0.05, 0.1) is 0 Å². The summed E-state index contributed by atoms with van der Waals surface area (Å²) >= 11 is 5.72. The van der Waals surface area contributed by atoms with Gasteiger partial charge in [-0.25, -0.2) is 0 Å². The van der Waals surface area contributed by atoms with E-state index in [9.17, 15) is 0 Å². The molecule has 3 atom stereocenters. The third-order valence-corrected chi connectivity index (χ3v) is 5.50. The first kappa shape index (κ1) is 11.2. The summed E-state index contributed by atoms with van der Waals surface area (Å²) in [5.41, 5.74) is 0.458. The van der Waals surface area contributed by atoms with Crippen molar-refractivity contribution >= 4 is 12.6 Å². The first-order valence-corrected chi connectivity index (χ1v) is 5.10. The summed E-state index contributed by atoms with van der Waals surface area (Å²) in [6, 6.07) is 0. The van der Waals surface area contributed by atoms with E-state index in [-0.39, 0.29) is 27.1 Å². The Kier molecular flexibility index (Phi) is 2.84. The molecule has 0 saturated heterocycles. The van der Waals surface area contributed by atoms with E-state index in [4.69, 9.17) is 12.6 Å². The summed E-state index contributed by atoms with van der Waals surface area (Å²) in [5.74, 6) is 1.72. The number of hydrogen-bond donors (Lipinski definition) is 0. The van der Waals surface area contributed by atoms with E-state index >= 15 is 0 Å². The Morgan fingerprint density at radius 3 is 2.17 bits per heavy atom. The van der Waals surface area contributed by atoms with Gasteiger partial charge >= 0.3 is 22.4 Å². The second-order valence-corrected chi connectivity index (χ2v) is 5.72. The average Bonchev–Trinajstić information content (AvgIpc) is 1.94. The summed E-state index contributed by atoms with van der Waals surface area (Å²) in [7, 11) is 0. The van der Waals surface area contributed by atoms with Crippen LogP contribution in [0.3, 0.4) is 0 Å². The third-order valence-electron chi connectivity index (χ3n) is 4.41. The Balaban J connectivity index is 0.000000720. The van der Waals surface area contributed by atoms with Gasteiger partial charge < -0.3 is 12.6 Å². The van der Waals surface area contributed by atoms with Crippen LogP contribution >= 0.6 is 0 Å². The first-order valence-electron chi connectivity index (χ1n) is 4.69. The Morgan fingerprint density at radius 2 is 1.83 bits per heavy atom. The maximum Gasteiger partial charge on any atom is 1.00 e. The van der Waals surface area contributed by atoms with Gasteiger partial charge in [0, 0.05) is 0 Å². The summed E-state index contributed by atoms with van der Waals surface area (Å²) in [4.78, 5) is 0. The van der Waals surface area contributed by atoms with Crippen molar-refractivity contribution in [1.29, 1.82) is 0 Å². The van der Waals surface area contributed by atoms with Crippen LogP contribution in [0.25, 0.3) is 0 Å². The molecule has 3 unspecified atom stereocenters. The summed E-state index contributed by atoms with van der Waals surface area (Å²) < 4.78 is 0.260. The van der Waals surface area contributed by atoms with Crippen molar-refractivity contribution in [2.24, 2.45) is 17.3 Å². The van der Waals surface area contributed by atoms with Crippen LogP contribution in [0.15, 0.2) is 0 Å². The summed E-state index contributed by atoms with van der Waals surface area (Å²) in [6.45, 7) is 7.07. The van der Waals surface area contributed by atoms with E-state index in [0.29, 0.717) is 5.41 Å². The van der Waals surface area contributed by atoms with Gasteiger partial charge in [0.2, 0.25) is 0 Å². The molecule has 0 aromatic rings. The Morgan fingerprint density at radius 1 is 1.25 bits per heavy atom. The molecule has 2 bridgehead atoms. The van der Waals surface area contributed by atoms with Gasteiger partial charge in [0.1, 0.15) is 0 Å². The van der Waals surface area contributed by atoms with Crippen LogP contribution in [0.2, 0.25) is 0 Å². The smallest absolute Gasteiger partial charge is 0.785 e. The standard InChI is InChI=1S/C10H18S.Ag/c1-7-4-5-8-6-10(7,11)9(8,2)3;/h7-8,11H,4-6H2,1-3H3;/q;+1/p-1. The Labute approximate surface area is 96.8 Å². The molecule has 3 aliphatic rings. The van der Waals surface area contributed by atoms with Crippen LogP contribution in [-0.4, -0.2) is 4.75 Å². The molecule has 0 amide bonds. The molecule has 3 aliphatic carbocycles. The topological polar surface area (TPSA) is 0 Å². The van der Waals surface area contributed by atoms with E-state index in [1.165, 1.54) is 19.3 Å². The number of fused-ring (bicyclic) bond motifs is 2. The van der Waals surface area contributed by atoms with Crippen LogP contribution in [0.5, 0.6) is 0 Å². The molecule has 0 N–H and O–H groups in total. The van der Waals surface area contributed by atoms with Gasteiger partial charge in [-0.1, -0.05) is 39.5 Å². The predicted octanol–water partition coefficient (Wildman–Crippen LogP) is 2.75. The molecular weight excluding hydrogens is 260 g/mol. The van der Waals surface area contributed by atoms with Gasteiger partial charge in [-0.3, -0.25) is 0 Å². The number of rotatable bonds is 0. The maximum atomic E-state index is 5.72. The van der Waals surface area contributed by atoms with Gasteiger partial charge in [-0.05, 0) is 17.8 Å². The van der Waals surface area contributed by atoms with Gasteiger partial charge in [0.25, 0.3) is 0 Å². The molecule has 0 aromatic heterocycles. The van der Waals surface area contributed by atoms with E-state index in [1.54, 1.807) is 0 Å². The number of hydrogen-bond acceptors (Lipinski definition) is 1. The van der Waals surface area contributed by atoms with Crippen molar-refractivity contribution in [3.05, 3.63) is 0 Å². The van der Waals surface area contributed by atoms with Crippen molar-refractivity contribution in [1.82, 2.24) is 0 Å². The molecule has 0 radical (unpaired) electrons. The summed E-state index contributed by atoms with van der Waals surface area (Å²) in [5, 5.41) is 0. The molecule has 0 aliphatic heterocycles. The second-order valence-electron chi connectivity index (χ2n) is 4.99. The fourth-order valence-corrected chi connectivity index (χ4v) is 3.57. The molecule has 12 heavy (non-hydrogen) atoms. The van der Waals surface area contributed by atoms with Crippen LogP contribution in [0.4, 0.5) is 0 Å². The van der Waals surface area contributed by atoms with Gasteiger partial charge in [0.15, 0.2) is 0 Å². The Hall–Kier alpha value is 1.09. The average molecular weight is 277 g/mol. The van der Waals surface area contributed by atoms with Gasteiger partial charge in [-0.2, -0.15) is 0 Å². The zero-order valence-corrected chi connectivity index (χ0v) is 10.3. The SMILES string of the molecule is CC1CCC2CC1([S-])C2(C)C.[Ag+]. The third kappa shape index (κ3) is 1.10. The minimum absolute atomic E-state index is 0. The molecule has 3 fully saturated rings. The normalized spacial score (nSPS) is 49.0. The van der Waals surface area contributed by atoms with Crippen LogP contribution < -0.4 is 0 Å². The van der Waals surface area contributed by atoms with Crippen molar-refractivity contribution in [2.75, 3.05) is 0 Å². The van der Waals surface area contributed by atoms with E-state index in [1.807, 2.05) is 0 Å². The molecule has 3 rings (SSSR count). The van der Waals surface area contributed by atoms with Crippen LogP contribution in [0, 0.1) is 17.3 Å². The predicted molar refractivity (Wildman–Crippen MR) is 50.4 cm³/mol. The van der Waals surface area contributed by atoms with Crippen LogP contribution in [-0.2, 0) is 35.0 Å². The molecule has 0 nitrogen and oxygen atoms in total. The molecule has 74 valence electrons. The molecular formula is C10H17AgS. The maximum absolute atomic E-state index is 5.72.